The van der Waals surface area contributed by atoms with Crippen molar-refractivity contribution in [3.8, 4) is 0 Å². The van der Waals surface area contributed by atoms with Crippen LogP contribution in [0.2, 0.25) is 5.02 Å². The van der Waals surface area contributed by atoms with Crippen molar-refractivity contribution in [2.75, 3.05) is 13.7 Å². The Morgan fingerprint density at radius 2 is 1.80 bits per heavy atom. The smallest absolute Gasteiger partial charge is 0.141 e. The van der Waals surface area contributed by atoms with Crippen molar-refractivity contribution in [2.24, 2.45) is 0 Å². The Morgan fingerprint density at radius 1 is 1.15 bits per heavy atom. The van der Waals surface area contributed by atoms with Gasteiger partial charge in [0.1, 0.15) is 5.82 Å². The average molecular weight is 358 g/mol. The third kappa shape index (κ3) is 3.81. The van der Waals surface area contributed by atoms with Gasteiger partial charge in [0.25, 0.3) is 0 Å². The first kappa shape index (κ1) is 15.5. The highest BCUT2D eigenvalue weighted by atomic mass is 79.9. The van der Waals surface area contributed by atoms with E-state index >= 15 is 0 Å². The van der Waals surface area contributed by atoms with Crippen molar-refractivity contribution in [1.29, 1.82) is 0 Å². The molecule has 0 saturated heterocycles. The van der Waals surface area contributed by atoms with Crippen molar-refractivity contribution >= 4 is 27.5 Å². The SMILES string of the molecule is COCCc1ccc(C(Br)c2ccc(F)c(Cl)c2)cc1. The Hall–Kier alpha value is -0.900. The third-order valence-electron chi connectivity index (χ3n) is 3.10. The van der Waals surface area contributed by atoms with Crippen LogP contribution in [0.1, 0.15) is 21.5 Å². The lowest BCUT2D eigenvalue weighted by Gasteiger charge is -2.12. The highest BCUT2D eigenvalue weighted by molar-refractivity contribution is 9.09. The number of hydrogen-bond donors (Lipinski definition) is 0. The minimum Gasteiger partial charge on any atom is -0.384 e. The van der Waals surface area contributed by atoms with Crippen LogP contribution < -0.4 is 0 Å². The topological polar surface area (TPSA) is 9.23 Å². The van der Waals surface area contributed by atoms with Crippen LogP contribution in [0.15, 0.2) is 42.5 Å². The maximum Gasteiger partial charge on any atom is 0.141 e. The summed E-state index contributed by atoms with van der Waals surface area (Å²) in [5.41, 5.74) is 3.27. The average Bonchev–Trinajstić information content (AvgIpc) is 2.48. The Labute approximate surface area is 131 Å². The molecule has 2 aromatic rings. The summed E-state index contributed by atoms with van der Waals surface area (Å²) in [6.07, 6.45) is 0.895. The predicted molar refractivity (Wildman–Crippen MR) is 84.2 cm³/mol. The van der Waals surface area contributed by atoms with Gasteiger partial charge in [0.15, 0.2) is 0 Å². The van der Waals surface area contributed by atoms with Gasteiger partial charge in [0, 0.05) is 7.11 Å². The van der Waals surface area contributed by atoms with E-state index in [9.17, 15) is 4.39 Å². The largest absolute Gasteiger partial charge is 0.384 e. The number of methoxy groups -OCH3 is 1. The molecule has 20 heavy (non-hydrogen) atoms. The fourth-order valence-corrected chi connectivity index (χ4v) is 2.71. The van der Waals surface area contributed by atoms with Crippen molar-refractivity contribution in [1.82, 2.24) is 0 Å². The van der Waals surface area contributed by atoms with Crippen LogP contribution in [-0.2, 0) is 11.2 Å². The molecule has 0 heterocycles. The molecule has 0 aliphatic carbocycles. The molecule has 0 aromatic heterocycles. The molecule has 0 amide bonds. The van der Waals surface area contributed by atoms with Crippen molar-refractivity contribution in [3.63, 3.8) is 0 Å². The van der Waals surface area contributed by atoms with Crippen molar-refractivity contribution in [2.45, 2.75) is 11.2 Å². The zero-order valence-corrected chi connectivity index (χ0v) is 13.4. The summed E-state index contributed by atoms with van der Waals surface area (Å²) in [5, 5.41) is 0.142. The molecule has 0 saturated carbocycles. The lowest BCUT2D eigenvalue weighted by atomic mass is 10.0. The third-order valence-corrected chi connectivity index (χ3v) is 4.45. The first-order valence-electron chi connectivity index (χ1n) is 6.28. The van der Waals surface area contributed by atoms with Crippen LogP contribution in [-0.4, -0.2) is 13.7 Å². The second-order valence-electron chi connectivity index (χ2n) is 4.52. The monoisotopic (exact) mass is 356 g/mol. The predicted octanol–water partition coefficient (Wildman–Crippen LogP) is 5.15. The van der Waals surface area contributed by atoms with E-state index in [1.807, 2.05) is 0 Å². The second-order valence-corrected chi connectivity index (χ2v) is 5.84. The minimum atomic E-state index is -0.398. The summed E-state index contributed by atoms with van der Waals surface area (Å²) in [6.45, 7) is 0.713. The molecule has 0 aliphatic rings. The summed E-state index contributed by atoms with van der Waals surface area (Å²) in [4.78, 5) is -0.00271. The summed E-state index contributed by atoms with van der Waals surface area (Å²) in [6, 6.07) is 13.0. The van der Waals surface area contributed by atoms with Crippen molar-refractivity contribution < 1.29 is 9.13 Å². The van der Waals surface area contributed by atoms with Gasteiger partial charge in [0.2, 0.25) is 0 Å². The molecular weight excluding hydrogens is 343 g/mol. The highest BCUT2D eigenvalue weighted by Gasteiger charge is 2.12. The Kier molecular flexibility index (Phi) is 5.58. The molecule has 0 aliphatic heterocycles. The Balaban J connectivity index is 2.15. The summed E-state index contributed by atoms with van der Waals surface area (Å²) in [5.74, 6) is -0.398. The normalized spacial score (nSPS) is 12.4. The van der Waals surface area contributed by atoms with Crippen molar-refractivity contribution in [3.05, 3.63) is 70.0 Å². The highest BCUT2D eigenvalue weighted by Crippen LogP contribution is 2.32. The molecule has 1 unspecified atom stereocenters. The van der Waals surface area contributed by atoms with E-state index in [1.54, 1.807) is 19.2 Å². The molecule has 0 bridgehead atoms. The first-order valence-corrected chi connectivity index (χ1v) is 7.58. The van der Waals surface area contributed by atoms with Crippen LogP contribution in [0.3, 0.4) is 0 Å². The van der Waals surface area contributed by atoms with E-state index in [1.165, 1.54) is 11.6 Å². The van der Waals surface area contributed by atoms with Gasteiger partial charge in [0.05, 0.1) is 16.5 Å². The lowest BCUT2D eigenvalue weighted by Crippen LogP contribution is -1.97. The zero-order valence-electron chi connectivity index (χ0n) is 11.1. The van der Waals surface area contributed by atoms with Gasteiger partial charge in [-0.25, -0.2) is 4.39 Å². The fourth-order valence-electron chi connectivity index (χ4n) is 1.94. The Bertz CT molecular complexity index is 571. The van der Waals surface area contributed by atoms with E-state index in [-0.39, 0.29) is 9.85 Å². The molecule has 106 valence electrons. The lowest BCUT2D eigenvalue weighted by molar-refractivity contribution is 0.202. The number of ether oxygens (including phenoxy) is 1. The van der Waals surface area contributed by atoms with E-state index in [2.05, 4.69) is 40.2 Å². The fraction of sp³-hybridized carbons (Fsp3) is 0.250. The second kappa shape index (κ2) is 7.21. The van der Waals surface area contributed by atoms with E-state index < -0.39 is 5.82 Å². The molecule has 2 aromatic carbocycles. The number of hydrogen-bond acceptors (Lipinski definition) is 1. The van der Waals surface area contributed by atoms with Crippen LogP contribution in [0.25, 0.3) is 0 Å². The van der Waals surface area contributed by atoms with Gasteiger partial charge in [-0.1, -0.05) is 57.9 Å². The van der Waals surface area contributed by atoms with Crippen LogP contribution in [0, 0.1) is 5.82 Å². The molecule has 1 atom stereocenters. The quantitative estimate of drug-likeness (QED) is 0.672. The number of rotatable bonds is 5. The van der Waals surface area contributed by atoms with E-state index in [0.29, 0.717) is 6.61 Å². The number of halogens is 3. The molecular formula is C16H15BrClFO. The molecule has 0 fully saturated rings. The zero-order chi connectivity index (χ0) is 14.5. The standard InChI is InChI=1S/C16H15BrClFO/c1-20-9-8-11-2-4-12(5-3-11)16(17)13-6-7-15(19)14(18)10-13/h2-7,10,16H,8-9H2,1H3. The number of alkyl halides is 1. The van der Waals surface area contributed by atoms with Gasteiger partial charge in [-0.2, -0.15) is 0 Å². The van der Waals surface area contributed by atoms with E-state index in [4.69, 9.17) is 16.3 Å². The van der Waals surface area contributed by atoms with Gasteiger partial charge < -0.3 is 4.74 Å². The maximum atomic E-state index is 13.2. The summed E-state index contributed by atoms with van der Waals surface area (Å²) in [7, 11) is 1.70. The first-order chi connectivity index (χ1) is 9.61. The molecule has 0 spiro atoms. The molecule has 4 heteroatoms. The van der Waals surface area contributed by atoms with Gasteiger partial charge in [-0.3, -0.25) is 0 Å². The maximum absolute atomic E-state index is 13.2. The van der Waals surface area contributed by atoms with Gasteiger partial charge in [-0.15, -0.1) is 0 Å². The Morgan fingerprint density at radius 3 is 2.40 bits per heavy atom. The van der Waals surface area contributed by atoms with E-state index in [0.717, 1.165) is 17.5 Å². The van der Waals surface area contributed by atoms with Crippen LogP contribution in [0.5, 0.6) is 0 Å². The molecule has 0 N–H and O–H groups in total. The summed E-state index contributed by atoms with van der Waals surface area (Å²) >= 11 is 9.44. The van der Waals surface area contributed by atoms with Gasteiger partial charge >= 0.3 is 0 Å². The van der Waals surface area contributed by atoms with Crippen LogP contribution >= 0.6 is 27.5 Å². The minimum absolute atomic E-state index is 0.00271. The van der Waals surface area contributed by atoms with Crippen LogP contribution in [0.4, 0.5) is 4.39 Å². The summed E-state index contributed by atoms with van der Waals surface area (Å²) < 4.78 is 18.2. The van der Waals surface area contributed by atoms with Gasteiger partial charge in [-0.05, 0) is 35.2 Å². The molecule has 1 nitrogen and oxygen atoms in total. The molecule has 0 radical (unpaired) electrons. The molecule has 2 rings (SSSR count). The number of benzene rings is 2.